The van der Waals surface area contributed by atoms with Crippen LogP contribution in [0.5, 0.6) is 0 Å². The lowest BCUT2D eigenvalue weighted by Crippen LogP contribution is -2.34. The Morgan fingerprint density at radius 1 is 1.23 bits per heavy atom. The Kier molecular flexibility index (Phi) is 5.83. The molecule has 118 valence electrons. The maximum atomic E-state index is 11.6. The third kappa shape index (κ3) is 5.07. The van der Waals surface area contributed by atoms with Crippen LogP contribution in [0, 0.1) is 6.92 Å². The van der Waals surface area contributed by atoms with E-state index in [2.05, 4.69) is 15.6 Å². The second-order valence-corrected chi connectivity index (χ2v) is 6.02. The van der Waals surface area contributed by atoms with Crippen LogP contribution in [-0.4, -0.2) is 40.0 Å². The van der Waals surface area contributed by atoms with Crippen LogP contribution in [-0.2, 0) is 15.3 Å². The molecule has 2 heterocycles. The Balaban J connectivity index is 1.71. The van der Waals surface area contributed by atoms with Crippen molar-refractivity contribution in [2.24, 2.45) is 0 Å². The standard InChI is InChI=1S/C15H20N4O2S/c1-11-3-4-14-18-13(8-19(14)7-11)9-22-10-15(21)17-6-5-16-12(2)20/h3-4,7-8H,5-6,9-10H2,1-2H3,(H,16,20)(H,17,21). The average Bonchev–Trinajstić information content (AvgIpc) is 2.85. The van der Waals surface area contributed by atoms with E-state index in [0.717, 1.165) is 11.3 Å². The molecule has 0 aliphatic heterocycles. The maximum absolute atomic E-state index is 11.6. The Hall–Kier alpha value is -2.02. The molecular weight excluding hydrogens is 300 g/mol. The van der Waals surface area contributed by atoms with Gasteiger partial charge >= 0.3 is 0 Å². The van der Waals surface area contributed by atoms with Crippen molar-refractivity contribution in [1.29, 1.82) is 0 Å². The zero-order chi connectivity index (χ0) is 15.9. The van der Waals surface area contributed by atoms with Crippen molar-refractivity contribution in [3.8, 4) is 0 Å². The second kappa shape index (κ2) is 7.84. The molecule has 7 heteroatoms. The third-order valence-electron chi connectivity index (χ3n) is 2.95. The number of nitrogens with one attached hydrogen (secondary N) is 2. The first-order valence-electron chi connectivity index (χ1n) is 7.08. The highest BCUT2D eigenvalue weighted by Crippen LogP contribution is 2.13. The van der Waals surface area contributed by atoms with Crippen LogP contribution in [0.1, 0.15) is 18.2 Å². The smallest absolute Gasteiger partial charge is 0.230 e. The van der Waals surface area contributed by atoms with Gasteiger partial charge in [-0.1, -0.05) is 6.07 Å². The van der Waals surface area contributed by atoms with Crippen LogP contribution in [0.4, 0.5) is 0 Å². The van der Waals surface area contributed by atoms with Gasteiger partial charge in [-0.15, -0.1) is 11.8 Å². The lowest BCUT2D eigenvalue weighted by atomic mass is 10.3. The minimum absolute atomic E-state index is 0.0324. The fourth-order valence-electron chi connectivity index (χ4n) is 1.96. The molecule has 0 aliphatic rings. The Morgan fingerprint density at radius 2 is 2.00 bits per heavy atom. The zero-order valence-electron chi connectivity index (χ0n) is 12.8. The average molecular weight is 320 g/mol. The molecular formula is C15H20N4O2S. The second-order valence-electron chi connectivity index (χ2n) is 5.03. The number of aromatic nitrogens is 2. The number of amides is 2. The first kappa shape index (κ1) is 16.4. The van der Waals surface area contributed by atoms with E-state index in [1.54, 1.807) is 0 Å². The molecule has 0 aliphatic carbocycles. The Labute approximate surface area is 133 Å². The van der Waals surface area contributed by atoms with Crippen LogP contribution in [0.15, 0.2) is 24.5 Å². The van der Waals surface area contributed by atoms with Gasteiger partial charge in [0.2, 0.25) is 11.8 Å². The van der Waals surface area contributed by atoms with E-state index in [9.17, 15) is 9.59 Å². The quantitative estimate of drug-likeness (QED) is 0.750. The SMILES string of the molecule is CC(=O)NCCNC(=O)CSCc1cn2cc(C)ccc2n1. The summed E-state index contributed by atoms with van der Waals surface area (Å²) in [4.78, 5) is 26.8. The molecule has 0 saturated carbocycles. The van der Waals surface area contributed by atoms with Gasteiger partial charge in [0, 0.05) is 38.2 Å². The molecule has 0 spiro atoms. The summed E-state index contributed by atoms with van der Waals surface area (Å²) < 4.78 is 2.00. The van der Waals surface area contributed by atoms with Crippen molar-refractivity contribution in [2.75, 3.05) is 18.8 Å². The Morgan fingerprint density at radius 3 is 2.77 bits per heavy atom. The molecule has 22 heavy (non-hydrogen) atoms. The topological polar surface area (TPSA) is 75.5 Å². The molecule has 0 aromatic carbocycles. The molecule has 0 fully saturated rings. The molecule has 2 amide bonds. The highest BCUT2D eigenvalue weighted by molar-refractivity contribution is 7.99. The minimum Gasteiger partial charge on any atom is -0.355 e. The van der Waals surface area contributed by atoms with E-state index in [1.165, 1.54) is 24.2 Å². The fourth-order valence-corrected chi connectivity index (χ4v) is 2.70. The molecule has 6 nitrogen and oxygen atoms in total. The van der Waals surface area contributed by atoms with E-state index in [4.69, 9.17) is 0 Å². The van der Waals surface area contributed by atoms with Gasteiger partial charge in [0.05, 0.1) is 11.4 Å². The lowest BCUT2D eigenvalue weighted by molar-refractivity contribution is -0.120. The molecule has 0 atom stereocenters. The van der Waals surface area contributed by atoms with E-state index >= 15 is 0 Å². The molecule has 2 aromatic heterocycles. The van der Waals surface area contributed by atoms with Gasteiger partial charge in [0.1, 0.15) is 5.65 Å². The summed E-state index contributed by atoms with van der Waals surface area (Å²) in [6.45, 7) is 4.40. The van der Waals surface area contributed by atoms with Crippen LogP contribution in [0.3, 0.4) is 0 Å². The number of rotatable bonds is 7. The van der Waals surface area contributed by atoms with Crippen LogP contribution in [0.25, 0.3) is 5.65 Å². The molecule has 0 bridgehead atoms. The summed E-state index contributed by atoms with van der Waals surface area (Å²) in [5.74, 6) is 0.952. The van der Waals surface area contributed by atoms with Gasteiger partial charge < -0.3 is 15.0 Å². The highest BCUT2D eigenvalue weighted by atomic mass is 32.2. The van der Waals surface area contributed by atoms with E-state index in [0.29, 0.717) is 24.6 Å². The van der Waals surface area contributed by atoms with Crippen molar-refractivity contribution in [2.45, 2.75) is 19.6 Å². The number of carbonyl (C=O) groups is 2. The summed E-state index contributed by atoms with van der Waals surface area (Å²) >= 11 is 1.52. The fraction of sp³-hybridized carbons (Fsp3) is 0.400. The first-order chi connectivity index (χ1) is 10.5. The molecule has 2 aromatic rings. The van der Waals surface area contributed by atoms with Gasteiger partial charge in [0.15, 0.2) is 0 Å². The third-order valence-corrected chi connectivity index (χ3v) is 3.92. The minimum atomic E-state index is -0.0919. The molecule has 2 rings (SSSR count). The van der Waals surface area contributed by atoms with Crippen molar-refractivity contribution in [1.82, 2.24) is 20.0 Å². The van der Waals surface area contributed by atoms with Crippen molar-refractivity contribution in [3.63, 3.8) is 0 Å². The predicted octanol–water partition coefficient (Wildman–Crippen LogP) is 1.13. The lowest BCUT2D eigenvalue weighted by Gasteiger charge is -2.04. The van der Waals surface area contributed by atoms with Crippen LogP contribution in [0.2, 0.25) is 0 Å². The summed E-state index contributed by atoms with van der Waals surface area (Å²) in [6, 6.07) is 4.01. The van der Waals surface area contributed by atoms with E-state index in [-0.39, 0.29) is 11.8 Å². The number of nitrogens with zero attached hydrogens (tertiary/aromatic N) is 2. The number of hydrogen-bond donors (Lipinski definition) is 2. The number of thioether (sulfide) groups is 1. The largest absolute Gasteiger partial charge is 0.355 e. The van der Waals surface area contributed by atoms with Gasteiger partial charge in [-0.05, 0) is 18.6 Å². The van der Waals surface area contributed by atoms with Crippen molar-refractivity contribution >= 4 is 29.2 Å². The number of hydrogen-bond acceptors (Lipinski definition) is 4. The van der Waals surface area contributed by atoms with Gasteiger partial charge in [0.25, 0.3) is 0 Å². The molecule has 2 N–H and O–H groups in total. The molecule has 0 unspecified atom stereocenters. The highest BCUT2D eigenvalue weighted by Gasteiger charge is 2.05. The van der Waals surface area contributed by atoms with E-state index < -0.39 is 0 Å². The Bertz CT molecular complexity index is 669. The van der Waals surface area contributed by atoms with Gasteiger partial charge in [-0.3, -0.25) is 9.59 Å². The molecule has 0 saturated heterocycles. The number of pyridine rings is 1. The van der Waals surface area contributed by atoms with Crippen molar-refractivity contribution in [3.05, 3.63) is 35.8 Å². The normalized spacial score (nSPS) is 10.6. The number of carbonyl (C=O) groups excluding carboxylic acids is 2. The molecule has 0 radical (unpaired) electrons. The monoisotopic (exact) mass is 320 g/mol. The number of fused-ring (bicyclic) bond motifs is 1. The van der Waals surface area contributed by atoms with Gasteiger partial charge in [-0.25, -0.2) is 4.98 Å². The predicted molar refractivity (Wildman–Crippen MR) is 87.8 cm³/mol. The van der Waals surface area contributed by atoms with Crippen LogP contribution < -0.4 is 10.6 Å². The first-order valence-corrected chi connectivity index (χ1v) is 8.23. The maximum Gasteiger partial charge on any atom is 0.230 e. The van der Waals surface area contributed by atoms with E-state index in [1.807, 2.05) is 35.9 Å². The van der Waals surface area contributed by atoms with Crippen molar-refractivity contribution < 1.29 is 9.59 Å². The van der Waals surface area contributed by atoms with Gasteiger partial charge in [-0.2, -0.15) is 0 Å². The zero-order valence-corrected chi connectivity index (χ0v) is 13.6. The van der Waals surface area contributed by atoms with Crippen LogP contribution >= 0.6 is 11.8 Å². The summed E-state index contributed by atoms with van der Waals surface area (Å²) in [6.07, 6.45) is 4.02. The summed E-state index contributed by atoms with van der Waals surface area (Å²) in [7, 11) is 0. The number of aryl methyl sites for hydroxylation is 1. The summed E-state index contributed by atoms with van der Waals surface area (Å²) in [5, 5.41) is 5.39. The summed E-state index contributed by atoms with van der Waals surface area (Å²) in [5.41, 5.74) is 3.06. The number of imidazole rings is 1.